The summed E-state index contributed by atoms with van der Waals surface area (Å²) in [6, 6.07) is 11.3. The van der Waals surface area contributed by atoms with Gasteiger partial charge in [0.05, 0.1) is 5.56 Å². The molecule has 110 valence electrons. The summed E-state index contributed by atoms with van der Waals surface area (Å²) >= 11 is 0. The van der Waals surface area contributed by atoms with Crippen molar-refractivity contribution in [2.45, 2.75) is 13.3 Å². The molecule has 6 heteroatoms. The van der Waals surface area contributed by atoms with E-state index in [0.29, 0.717) is 5.56 Å². The minimum Gasteiger partial charge on any atom is -0.423 e. The average molecular weight is 296 g/mol. The van der Waals surface area contributed by atoms with Gasteiger partial charge >= 0.3 is 12.3 Å². The summed E-state index contributed by atoms with van der Waals surface area (Å²) in [5.74, 6) is -0.827. The van der Waals surface area contributed by atoms with Crippen molar-refractivity contribution < 1.29 is 27.4 Å². The molecule has 0 saturated carbocycles. The number of hydrogen-bond donors (Lipinski definition) is 0. The van der Waals surface area contributed by atoms with Crippen LogP contribution in [0.15, 0.2) is 48.5 Å². The molecule has 0 saturated heterocycles. The second-order valence-electron chi connectivity index (χ2n) is 4.27. The van der Waals surface area contributed by atoms with E-state index in [0.717, 1.165) is 17.7 Å². The van der Waals surface area contributed by atoms with Crippen molar-refractivity contribution in [1.29, 1.82) is 0 Å². The summed E-state index contributed by atoms with van der Waals surface area (Å²) in [6.45, 7) is 1.88. The number of esters is 1. The average Bonchev–Trinajstić information content (AvgIpc) is 2.40. The lowest BCUT2D eigenvalue weighted by Crippen LogP contribution is -2.17. The van der Waals surface area contributed by atoms with Gasteiger partial charge in [-0.3, -0.25) is 0 Å². The predicted octanol–water partition coefficient (Wildman–Crippen LogP) is 4.11. The Morgan fingerprint density at radius 1 is 0.905 bits per heavy atom. The molecule has 0 atom stereocenters. The first-order valence-electron chi connectivity index (χ1n) is 5.98. The highest BCUT2D eigenvalue weighted by Gasteiger charge is 2.31. The molecule has 0 radical (unpaired) electrons. The van der Waals surface area contributed by atoms with Crippen LogP contribution in [0.4, 0.5) is 13.2 Å². The molecule has 0 aliphatic carbocycles. The van der Waals surface area contributed by atoms with Gasteiger partial charge in [0.1, 0.15) is 11.5 Å². The fraction of sp³-hybridized carbons (Fsp3) is 0.133. The third-order valence-corrected chi connectivity index (χ3v) is 2.56. The Labute approximate surface area is 118 Å². The van der Waals surface area contributed by atoms with Gasteiger partial charge in [-0.15, -0.1) is 13.2 Å². The fourth-order valence-corrected chi connectivity index (χ4v) is 1.56. The summed E-state index contributed by atoms with van der Waals surface area (Å²) in [6.07, 6.45) is -4.75. The number of carbonyl (C=O) groups excluding carboxylic acids is 1. The normalized spacial score (nSPS) is 11.0. The Kier molecular flexibility index (Phi) is 4.16. The lowest BCUT2D eigenvalue weighted by Gasteiger charge is -2.09. The molecule has 0 aliphatic heterocycles. The van der Waals surface area contributed by atoms with Gasteiger partial charge in [0, 0.05) is 0 Å². The van der Waals surface area contributed by atoms with Crippen LogP contribution >= 0.6 is 0 Å². The molecule has 0 N–H and O–H groups in total. The topological polar surface area (TPSA) is 35.5 Å². The standard InChI is InChI=1S/C15H11F3O3/c1-10-2-4-11(5-3-10)14(19)20-12-6-8-13(9-7-12)21-15(16,17)18/h2-9H,1H3. The number of hydrogen-bond acceptors (Lipinski definition) is 3. The number of benzene rings is 2. The molecular weight excluding hydrogens is 285 g/mol. The van der Waals surface area contributed by atoms with E-state index in [1.165, 1.54) is 12.1 Å². The van der Waals surface area contributed by atoms with Gasteiger partial charge in [-0.2, -0.15) is 0 Å². The van der Waals surface area contributed by atoms with Gasteiger partial charge in [0.15, 0.2) is 0 Å². The third kappa shape index (κ3) is 4.52. The van der Waals surface area contributed by atoms with Gasteiger partial charge in [-0.1, -0.05) is 17.7 Å². The van der Waals surface area contributed by atoms with Gasteiger partial charge in [0.2, 0.25) is 0 Å². The molecular formula is C15H11F3O3. The predicted molar refractivity (Wildman–Crippen MR) is 69.3 cm³/mol. The van der Waals surface area contributed by atoms with E-state index in [-0.39, 0.29) is 11.5 Å². The third-order valence-electron chi connectivity index (χ3n) is 2.56. The second kappa shape index (κ2) is 5.87. The van der Waals surface area contributed by atoms with Gasteiger partial charge in [0.25, 0.3) is 0 Å². The number of aryl methyl sites for hydroxylation is 1. The van der Waals surface area contributed by atoms with Crippen LogP contribution in [0, 0.1) is 6.92 Å². The summed E-state index contributed by atoms with van der Waals surface area (Å²) in [5.41, 5.74) is 1.36. The Bertz CT molecular complexity index is 616. The van der Waals surface area contributed by atoms with Crippen LogP contribution in [0.1, 0.15) is 15.9 Å². The molecule has 0 amide bonds. The highest BCUT2D eigenvalue weighted by atomic mass is 19.4. The quantitative estimate of drug-likeness (QED) is 0.631. The molecule has 0 aliphatic rings. The van der Waals surface area contributed by atoms with Gasteiger partial charge in [-0.25, -0.2) is 4.79 Å². The Balaban J connectivity index is 2.03. The van der Waals surface area contributed by atoms with Crippen LogP contribution in [0.2, 0.25) is 0 Å². The lowest BCUT2D eigenvalue weighted by molar-refractivity contribution is -0.274. The highest BCUT2D eigenvalue weighted by Crippen LogP contribution is 2.25. The first-order chi connectivity index (χ1) is 9.83. The molecule has 2 aromatic rings. The SMILES string of the molecule is Cc1ccc(C(=O)Oc2ccc(OC(F)(F)F)cc2)cc1. The second-order valence-corrected chi connectivity index (χ2v) is 4.27. The van der Waals surface area contributed by atoms with E-state index in [4.69, 9.17) is 4.74 Å². The first-order valence-corrected chi connectivity index (χ1v) is 5.98. The Hall–Kier alpha value is -2.50. The van der Waals surface area contributed by atoms with Crippen molar-refractivity contribution in [2.24, 2.45) is 0 Å². The van der Waals surface area contributed by atoms with Crippen LogP contribution in [-0.2, 0) is 0 Å². The van der Waals surface area contributed by atoms with Gasteiger partial charge in [-0.05, 0) is 43.3 Å². The maximum absolute atomic E-state index is 12.0. The zero-order chi connectivity index (χ0) is 15.5. The summed E-state index contributed by atoms with van der Waals surface area (Å²) in [5, 5.41) is 0. The van der Waals surface area contributed by atoms with Crippen LogP contribution in [-0.4, -0.2) is 12.3 Å². The molecule has 0 fully saturated rings. The van der Waals surface area contributed by atoms with Crippen LogP contribution in [0.5, 0.6) is 11.5 Å². The molecule has 0 unspecified atom stereocenters. The molecule has 21 heavy (non-hydrogen) atoms. The maximum atomic E-state index is 12.0. The van der Waals surface area contributed by atoms with Crippen LogP contribution < -0.4 is 9.47 Å². The van der Waals surface area contributed by atoms with E-state index in [9.17, 15) is 18.0 Å². The lowest BCUT2D eigenvalue weighted by atomic mass is 10.1. The minimum atomic E-state index is -4.75. The highest BCUT2D eigenvalue weighted by molar-refractivity contribution is 5.91. The Morgan fingerprint density at radius 3 is 1.95 bits per heavy atom. The molecule has 0 aromatic heterocycles. The summed E-state index contributed by atoms with van der Waals surface area (Å²) in [7, 11) is 0. The van der Waals surface area contributed by atoms with Crippen molar-refractivity contribution in [1.82, 2.24) is 0 Å². The summed E-state index contributed by atoms with van der Waals surface area (Å²) in [4.78, 5) is 11.8. The zero-order valence-electron chi connectivity index (χ0n) is 11.0. The van der Waals surface area contributed by atoms with Crippen molar-refractivity contribution in [3.8, 4) is 11.5 Å². The van der Waals surface area contributed by atoms with E-state index in [2.05, 4.69) is 4.74 Å². The van der Waals surface area contributed by atoms with Gasteiger partial charge < -0.3 is 9.47 Å². The molecule has 2 rings (SSSR count). The minimum absolute atomic E-state index is 0.134. The number of rotatable bonds is 3. The zero-order valence-corrected chi connectivity index (χ0v) is 11.0. The van der Waals surface area contributed by atoms with Crippen LogP contribution in [0.3, 0.4) is 0 Å². The number of alkyl halides is 3. The molecule has 2 aromatic carbocycles. The molecule has 0 bridgehead atoms. The molecule has 0 spiro atoms. The van der Waals surface area contributed by atoms with E-state index in [1.54, 1.807) is 24.3 Å². The van der Waals surface area contributed by atoms with Crippen molar-refractivity contribution in [2.75, 3.05) is 0 Å². The number of ether oxygens (including phenoxy) is 2. The molecule has 0 heterocycles. The van der Waals surface area contributed by atoms with Crippen LogP contribution in [0.25, 0.3) is 0 Å². The van der Waals surface area contributed by atoms with Crippen molar-refractivity contribution >= 4 is 5.97 Å². The Morgan fingerprint density at radius 2 is 1.43 bits per heavy atom. The summed E-state index contributed by atoms with van der Waals surface area (Å²) < 4.78 is 44.8. The fourth-order valence-electron chi connectivity index (χ4n) is 1.56. The molecule has 3 nitrogen and oxygen atoms in total. The largest absolute Gasteiger partial charge is 0.573 e. The maximum Gasteiger partial charge on any atom is 0.573 e. The number of carbonyl (C=O) groups is 1. The first kappa shape index (κ1) is 14.9. The van der Waals surface area contributed by atoms with E-state index >= 15 is 0 Å². The number of halogens is 3. The van der Waals surface area contributed by atoms with Crippen molar-refractivity contribution in [3.63, 3.8) is 0 Å². The van der Waals surface area contributed by atoms with Crippen molar-refractivity contribution in [3.05, 3.63) is 59.7 Å². The smallest absolute Gasteiger partial charge is 0.423 e. The monoisotopic (exact) mass is 296 g/mol. The van der Waals surface area contributed by atoms with E-state index in [1.807, 2.05) is 6.92 Å². The van der Waals surface area contributed by atoms with E-state index < -0.39 is 12.3 Å².